The van der Waals surface area contributed by atoms with E-state index in [0.29, 0.717) is 6.54 Å². The third-order valence-electron chi connectivity index (χ3n) is 3.10. The van der Waals surface area contributed by atoms with Crippen LogP contribution in [0, 0.1) is 5.41 Å². The van der Waals surface area contributed by atoms with E-state index in [9.17, 15) is 15.0 Å². The molecule has 0 aromatic rings. The molecule has 1 aliphatic heterocycles. The molecule has 0 aromatic heterocycles. The number of hydrogen-bond acceptors (Lipinski definition) is 3. The van der Waals surface area contributed by atoms with E-state index in [-0.39, 0.29) is 5.41 Å². The van der Waals surface area contributed by atoms with E-state index in [1.807, 2.05) is 18.7 Å². The molecule has 0 radical (unpaired) electrons. The van der Waals surface area contributed by atoms with Gasteiger partial charge in [0.15, 0.2) is 0 Å². The first-order valence-corrected chi connectivity index (χ1v) is 5.49. The Kier molecular flexibility index (Phi) is 3.73. The lowest BCUT2D eigenvalue weighted by Crippen LogP contribution is -2.55. The van der Waals surface area contributed by atoms with Crippen molar-refractivity contribution < 1.29 is 15.0 Å². The van der Waals surface area contributed by atoms with Crippen LogP contribution in [-0.2, 0) is 4.79 Å². The summed E-state index contributed by atoms with van der Waals surface area (Å²) in [5.74, 6) is -0.777. The Morgan fingerprint density at radius 3 is 2.67 bits per heavy atom. The van der Waals surface area contributed by atoms with Gasteiger partial charge in [-0.2, -0.15) is 0 Å². The number of nitrogens with zero attached hydrogens (tertiary/aromatic N) is 1. The van der Waals surface area contributed by atoms with Crippen LogP contribution in [0.3, 0.4) is 0 Å². The highest BCUT2D eigenvalue weighted by Gasteiger charge is 2.42. The van der Waals surface area contributed by atoms with Gasteiger partial charge in [0.2, 0.25) is 0 Å². The van der Waals surface area contributed by atoms with E-state index in [0.717, 1.165) is 19.4 Å². The molecule has 4 heteroatoms. The maximum atomic E-state index is 11.2. The fourth-order valence-corrected chi connectivity index (χ4v) is 2.52. The van der Waals surface area contributed by atoms with Gasteiger partial charge in [0.1, 0.15) is 6.04 Å². The van der Waals surface area contributed by atoms with Crippen LogP contribution in [-0.4, -0.2) is 46.3 Å². The highest BCUT2D eigenvalue weighted by Crippen LogP contribution is 2.35. The zero-order valence-corrected chi connectivity index (χ0v) is 9.73. The summed E-state index contributed by atoms with van der Waals surface area (Å²) in [6.45, 7) is 6.88. The van der Waals surface area contributed by atoms with Crippen molar-refractivity contribution in [3.63, 3.8) is 0 Å². The molecule has 1 aliphatic rings. The van der Waals surface area contributed by atoms with Gasteiger partial charge in [-0.1, -0.05) is 13.8 Å². The minimum absolute atomic E-state index is 0.209. The molecule has 88 valence electrons. The fourth-order valence-electron chi connectivity index (χ4n) is 2.52. The minimum atomic E-state index is -0.777. The van der Waals surface area contributed by atoms with Crippen molar-refractivity contribution in [2.24, 2.45) is 5.41 Å². The molecule has 0 amide bonds. The largest absolute Gasteiger partial charge is 0.480 e. The molecule has 0 aliphatic carbocycles. The zero-order chi connectivity index (χ0) is 11.6. The van der Waals surface area contributed by atoms with Crippen molar-refractivity contribution in [3.05, 3.63) is 0 Å². The van der Waals surface area contributed by atoms with Gasteiger partial charge in [0.25, 0.3) is 0 Å². The number of carboxylic acid groups (broad SMARTS) is 1. The van der Waals surface area contributed by atoms with Crippen molar-refractivity contribution in [1.82, 2.24) is 4.90 Å². The number of aliphatic carboxylic acids is 1. The van der Waals surface area contributed by atoms with Gasteiger partial charge < -0.3 is 10.2 Å². The van der Waals surface area contributed by atoms with Gasteiger partial charge in [0.05, 0.1) is 6.10 Å². The molecular weight excluding hydrogens is 194 g/mol. The normalized spacial score (nSPS) is 28.7. The molecule has 0 bridgehead atoms. The number of hydrogen-bond donors (Lipinski definition) is 2. The minimum Gasteiger partial charge on any atom is -0.480 e. The van der Waals surface area contributed by atoms with Crippen LogP contribution in [0.5, 0.6) is 0 Å². The Bertz CT molecular complexity index is 238. The van der Waals surface area contributed by atoms with Gasteiger partial charge >= 0.3 is 5.97 Å². The first-order chi connectivity index (χ1) is 6.84. The summed E-state index contributed by atoms with van der Waals surface area (Å²) in [4.78, 5) is 13.1. The summed E-state index contributed by atoms with van der Waals surface area (Å²) >= 11 is 0. The third-order valence-corrected chi connectivity index (χ3v) is 3.10. The predicted molar refractivity (Wildman–Crippen MR) is 57.7 cm³/mol. The van der Waals surface area contributed by atoms with E-state index in [1.165, 1.54) is 0 Å². The molecule has 1 heterocycles. The number of piperidine rings is 1. The smallest absolute Gasteiger partial charge is 0.321 e. The number of aliphatic hydroxyl groups is 1. The van der Waals surface area contributed by atoms with Gasteiger partial charge in [-0.05, 0) is 31.7 Å². The molecular formula is C11H21NO3. The summed E-state index contributed by atoms with van der Waals surface area (Å²) in [7, 11) is 0. The number of carbonyl (C=O) groups is 1. The maximum Gasteiger partial charge on any atom is 0.321 e. The highest BCUT2D eigenvalue weighted by atomic mass is 16.4. The maximum absolute atomic E-state index is 11.2. The Labute approximate surface area is 90.9 Å². The molecule has 1 fully saturated rings. The van der Waals surface area contributed by atoms with Crippen molar-refractivity contribution in [2.75, 3.05) is 13.1 Å². The zero-order valence-electron chi connectivity index (χ0n) is 9.73. The Balaban J connectivity index is 2.80. The van der Waals surface area contributed by atoms with E-state index in [1.54, 1.807) is 6.92 Å². The van der Waals surface area contributed by atoms with Crippen LogP contribution >= 0.6 is 0 Å². The lowest BCUT2D eigenvalue weighted by Gasteiger charge is -2.44. The highest BCUT2D eigenvalue weighted by molar-refractivity contribution is 5.74. The molecule has 4 nitrogen and oxygen atoms in total. The average Bonchev–Trinajstić information content (AvgIpc) is 1.99. The van der Waals surface area contributed by atoms with Crippen molar-refractivity contribution in [2.45, 2.75) is 45.8 Å². The summed E-state index contributed by atoms with van der Waals surface area (Å²) in [5.41, 5.74) is -0.209. The number of carboxylic acids is 1. The Morgan fingerprint density at radius 1 is 1.60 bits per heavy atom. The fraction of sp³-hybridized carbons (Fsp3) is 0.909. The van der Waals surface area contributed by atoms with Gasteiger partial charge in [-0.15, -0.1) is 0 Å². The molecule has 2 unspecified atom stereocenters. The summed E-state index contributed by atoms with van der Waals surface area (Å²) in [6, 6.07) is -0.471. The first-order valence-electron chi connectivity index (χ1n) is 5.49. The summed E-state index contributed by atoms with van der Waals surface area (Å²) < 4.78 is 0. The van der Waals surface area contributed by atoms with E-state index in [2.05, 4.69) is 0 Å². The lowest BCUT2D eigenvalue weighted by molar-refractivity contribution is -0.151. The molecule has 0 spiro atoms. The van der Waals surface area contributed by atoms with Crippen LogP contribution in [0.15, 0.2) is 0 Å². The van der Waals surface area contributed by atoms with E-state index >= 15 is 0 Å². The van der Waals surface area contributed by atoms with Gasteiger partial charge in [-0.25, -0.2) is 0 Å². The third kappa shape index (κ3) is 2.92. The second-order valence-corrected chi connectivity index (χ2v) is 5.18. The summed E-state index contributed by atoms with van der Waals surface area (Å²) in [6.07, 6.45) is 1.46. The first kappa shape index (κ1) is 12.5. The van der Waals surface area contributed by atoms with E-state index < -0.39 is 18.1 Å². The number of likely N-dealkylation sites (tertiary alicyclic amines) is 1. The van der Waals surface area contributed by atoms with Crippen LogP contribution < -0.4 is 0 Å². The molecule has 0 saturated carbocycles. The standard InChI is InChI=1S/C11H21NO3/c1-8(13)7-12-6-4-5-11(2,3)9(12)10(14)15/h8-9,13H,4-7H2,1-3H3,(H,14,15). The summed E-state index contributed by atoms with van der Waals surface area (Å²) in [5, 5.41) is 18.6. The Hall–Kier alpha value is -0.610. The van der Waals surface area contributed by atoms with Gasteiger partial charge in [0, 0.05) is 6.54 Å². The Morgan fingerprint density at radius 2 is 2.20 bits per heavy atom. The van der Waals surface area contributed by atoms with Crippen molar-refractivity contribution in [3.8, 4) is 0 Å². The van der Waals surface area contributed by atoms with Gasteiger partial charge in [-0.3, -0.25) is 9.69 Å². The second-order valence-electron chi connectivity index (χ2n) is 5.18. The molecule has 2 N–H and O–H groups in total. The van der Waals surface area contributed by atoms with Crippen molar-refractivity contribution in [1.29, 1.82) is 0 Å². The molecule has 2 atom stereocenters. The number of β-amino-alcohol motifs (C(OH)–C–C–N with tert-alkyl or cyclic N) is 1. The van der Waals surface area contributed by atoms with Crippen molar-refractivity contribution >= 4 is 5.97 Å². The predicted octanol–water partition coefficient (Wildman–Crippen LogP) is 0.942. The SMILES string of the molecule is CC(O)CN1CCCC(C)(C)C1C(=O)O. The number of aliphatic hydroxyl groups excluding tert-OH is 1. The molecule has 0 aromatic carbocycles. The quantitative estimate of drug-likeness (QED) is 0.735. The second kappa shape index (κ2) is 4.49. The molecule has 15 heavy (non-hydrogen) atoms. The average molecular weight is 215 g/mol. The lowest BCUT2D eigenvalue weighted by atomic mass is 9.76. The number of rotatable bonds is 3. The molecule has 1 rings (SSSR count). The van der Waals surface area contributed by atoms with Crippen LogP contribution in [0.25, 0.3) is 0 Å². The van der Waals surface area contributed by atoms with Crippen LogP contribution in [0.4, 0.5) is 0 Å². The topological polar surface area (TPSA) is 60.8 Å². The van der Waals surface area contributed by atoms with E-state index in [4.69, 9.17) is 0 Å². The van der Waals surface area contributed by atoms with Crippen LogP contribution in [0.1, 0.15) is 33.6 Å². The monoisotopic (exact) mass is 215 g/mol. The van der Waals surface area contributed by atoms with Crippen LogP contribution in [0.2, 0.25) is 0 Å². The molecule has 1 saturated heterocycles.